The van der Waals surface area contributed by atoms with E-state index in [2.05, 4.69) is 41.8 Å². The van der Waals surface area contributed by atoms with Crippen LogP contribution in [0, 0.1) is 0 Å². The van der Waals surface area contributed by atoms with Crippen molar-refractivity contribution in [2.45, 2.75) is 26.3 Å². The largest absolute Gasteiger partial charge is 0.378 e. The molecule has 2 N–H and O–H groups in total. The lowest BCUT2D eigenvalue weighted by atomic mass is 10.0. The topological polar surface area (TPSA) is 41.1 Å². The summed E-state index contributed by atoms with van der Waals surface area (Å²) in [5, 5.41) is 6.31. The minimum absolute atomic E-state index is 0.0286. The smallest absolute Gasteiger partial charge is 0.251 e. The Labute approximate surface area is 126 Å². The van der Waals surface area contributed by atoms with E-state index in [4.69, 9.17) is 0 Å². The van der Waals surface area contributed by atoms with Gasteiger partial charge in [-0.05, 0) is 43.2 Å². The summed E-state index contributed by atoms with van der Waals surface area (Å²) in [6, 6.07) is 18.3. The Morgan fingerprint density at radius 2 is 1.67 bits per heavy atom. The molecule has 0 aliphatic heterocycles. The highest BCUT2D eigenvalue weighted by molar-refractivity contribution is 5.94. The van der Waals surface area contributed by atoms with Gasteiger partial charge in [0.25, 0.3) is 5.91 Å². The summed E-state index contributed by atoms with van der Waals surface area (Å²) < 4.78 is 0. The molecule has 3 heteroatoms. The van der Waals surface area contributed by atoms with Crippen LogP contribution >= 0.6 is 0 Å². The lowest BCUT2D eigenvalue weighted by Gasteiger charge is -2.19. The average molecular weight is 282 g/mol. The average Bonchev–Trinajstić information content (AvgIpc) is 2.54. The van der Waals surface area contributed by atoms with Gasteiger partial charge in [0.15, 0.2) is 0 Å². The third-order valence-electron chi connectivity index (χ3n) is 3.44. The van der Waals surface area contributed by atoms with Crippen LogP contribution in [0.3, 0.4) is 0 Å². The Bertz CT molecular complexity index is 564. The van der Waals surface area contributed by atoms with E-state index in [1.807, 2.05) is 37.3 Å². The van der Waals surface area contributed by atoms with Crippen LogP contribution in [-0.4, -0.2) is 12.5 Å². The second kappa shape index (κ2) is 7.48. The van der Waals surface area contributed by atoms with Crippen LogP contribution in [-0.2, 0) is 0 Å². The molecule has 1 unspecified atom stereocenters. The van der Waals surface area contributed by atoms with Gasteiger partial charge in [-0.3, -0.25) is 4.79 Å². The molecule has 21 heavy (non-hydrogen) atoms. The number of nitrogens with one attached hydrogen (secondary N) is 2. The van der Waals surface area contributed by atoms with E-state index in [-0.39, 0.29) is 11.9 Å². The van der Waals surface area contributed by atoms with Crippen molar-refractivity contribution in [3.63, 3.8) is 0 Å². The van der Waals surface area contributed by atoms with Crippen LogP contribution in [0.5, 0.6) is 0 Å². The van der Waals surface area contributed by atoms with Crippen molar-refractivity contribution >= 4 is 11.6 Å². The summed E-state index contributed by atoms with van der Waals surface area (Å²) in [5.74, 6) is -0.0286. The standard InChI is InChI=1S/C18H22N2O/c1-3-17(14-8-6-5-7-9-14)20-16-12-10-15(11-13-16)18(21)19-4-2/h5-13,17,20H,3-4H2,1-2H3,(H,19,21). The van der Waals surface area contributed by atoms with Crippen LogP contribution in [0.25, 0.3) is 0 Å². The first kappa shape index (κ1) is 15.1. The number of benzene rings is 2. The zero-order chi connectivity index (χ0) is 15.1. The molecule has 0 aliphatic rings. The maximum Gasteiger partial charge on any atom is 0.251 e. The van der Waals surface area contributed by atoms with Gasteiger partial charge in [-0.15, -0.1) is 0 Å². The van der Waals surface area contributed by atoms with Crippen molar-refractivity contribution in [3.05, 3.63) is 65.7 Å². The van der Waals surface area contributed by atoms with Gasteiger partial charge in [-0.2, -0.15) is 0 Å². The van der Waals surface area contributed by atoms with Crippen LogP contribution in [0.15, 0.2) is 54.6 Å². The molecule has 1 amide bonds. The van der Waals surface area contributed by atoms with Gasteiger partial charge < -0.3 is 10.6 Å². The van der Waals surface area contributed by atoms with E-state index in [0.29, 0.717) is 12.1 Å². The van der Waals surface area contributed by atoms with E-state index in [1.54, 1.807) is 0 Å². The van der Waals surface area contributed by atoms with Gasteiger partial charge >= 0.3 is 0 Å². The fourth-order valence-electron chi connectivity index (χ4n) is 2.29. The molecule has 3 nitrogen and oxygen atoms in total. The normalized spacial score (nSPS) is 11.7. The van der Waals surface area contributed by atoms with Crippen molar-refractivity contribution in [3.8, 4) is 0 Å². The van der Waals surface area contributed by atoms with E-state index in [9.17, 15) is 4.79 Å². The molecular formula is C18H22N2O. The van der Waals surface area contributed by atoms with Gasteiger partial charge in [0.1, 0.15) is 0 Å². The number of carbonyl (C=O) groups excluding carboxylic acids is 1. The highest BCUT2D eigenvalue weighted by Gasteiger charge is 2.09. The third kappa shape index (κ3) is 4.09. The fourth-order valence-corrected chi connectivity index (χ4v) is 2.29. The minimum Gasteiger partial charge on any atom is -0.378 e. The number of amides is 1. The fraction of sp³-hybridized carbons (Fsp3) is 0.278. The summed E-state index contributed by atoms with van der Waals surface area (Å²) >= 11 is 0. The number of hydrogen-bond acceptors (Lipinski definition) is 2. The van der Waals surface area contributed by atoms with Gasteiger partial charge in [0.2, 0.25) is 0 Å². The second-order valence-corrected chi connectivity index (χ2v) is 4.95. The van der Waals surface area contributed by atoms with Crippen LogP contribution in [0.2, 0.25) is 0 Å². The van der Waals surface area contributed by atoms with Crippen LogP contribution in [0.4, 0.5) is 5.69 Å². The Kier molecular flexibility index (Phi) is 5.38. The molecule has 0 saturated carbocycles. The molecule has 2 rings (SSSR count). The molecule has 0 fully saturated rings. The van der Waals surface area contributed by atoms with Crippen molar-refractivity contribution in [1.29, 1.82) is 0 Å². The van der Waals surface area contributed by atoms with E-state index < -0.39 is 0 Å². The van der Waals surface area contributed by atoms with Crippen molar-refractivity contribution in [2.24, 2.45) is 0 Å². The van der Waals surface area contributed by atoms with E-state index >= 15 is 0 Å². The Balaban J connectivity index is 2.07. The Hall–Kier alpha value is -2.29. The molecule has 1 atom stereocenters. The molecule has 0 saturated heterocycles. The third-order valence-corrected chi connectivity index (χ3v) is 3.44. The molecule has 0 spiro atoms. The molecule has 0 heterocycles. The highest BCUT2D eigenvalue weighted by Crippen LogP contribution is 2.22. The molecular weight excluding hydrogens is 260 g/mol. The monoisotopic (exact) mass is 282 g/mol. The first-order valence-electron chi connectivity index (χ1n) is 7.44. The van der Waals surface area contributed by atoms with Crippen molar-refractivity contribution in [2.75, 3.05) is 11.9 Å². The Morgan fingerprint density at radius 1 is 1.00 bits per heavy atom. The molecule has 0 bridgehead atoms. The highest BCUT2D eigenvalue weighted by atomic mass is 16.1. The van der Waals surface area contributed by atoms with Crippen molar-refractivity contribution in [1.82, 2.24) is 5.32 Å². The lowest BCUT2D eigenvalue weighted by molar-refractivity contribution is 0.0956. The number of carbonyl (C=O) groups is 1. The van der Waals surface area contributed by atoms with Gasteiger partial charge in [0, 0.05) is 17.8 Å². The van der Waals surface area contributed by atoms with E-state index in [1.165, 1.54) is 5.56 Å². The first-order chi connectivity index (χ1) is 10.2. The van der Waals surface area contributed by atoms with E-state index in [0.717, 1.165) is 12.1 Å². The van der Waals surface area contributed by atoms with Gasteiger partial charge in [-0.25, -0.2) is 0 Å². The van der Waals surface area contributed by atoms with Crippen LogP contribution < -0.4 is 10.6 Å². The SMILES string of the molecule is CCNC(=O)c1ccc(NC(CC)c2ccccc2)cc1. The maximum atomic E-state index is 11.7. The molecule has 110 valence electrons. The molecule has 0 radical (unpaired) electrons. The molecule has 0 aliphatic carbocycles. The van der Waals surface area contributed by atoms with Gasteiger partial charge in [0.05, 0.1) is 6.04 Å². The molecule has 2 aromatic carbocycles. The summed E-state index contributed by atoms with van der Waals surface area (Å²) in [7, 11) is 0. The second-order valence-electron chi connectivity index (χ2n) is 4.95. The summed E-state index contributed by atoms with van der Waals surface area (Å²) in [6.45, 7) is 4.72. The zero-order valence-corrected chi connectivity index (χ0v) is 12.6. The number of rotatable bonds is 6. The quantitative estimate of drug-likeness (QED) is 0.841. The van der Waals surface area contributed by atoms with Crippen LogP contribution in [0.1, 0.15) is 42.2 Å². The minimum atomic E-state index is -0.0286. The van der Waals surface area contributed by atoms with Gasteiger partial charge in [-0.1, -0.05) is 37.3 Å². The molecule has 0 aromatic heterocycles. The number of anilines is 1. The predicted octanol–water partition coefficient (Wildman–Crippen LogP) is 4.00. The predicted molar refractivity (Wildman–Crippen MR) is 87.5 cm³/mol. The lowest BCUT2D eigenvalue weighted by Crippen LogP contribution is -2.22. The first-order valence-corrected chi connectivity index (χ1v) is 7.44. The summed E-state index contributed by atoms with van der Waals surface area (Å²) in [6.07, 6.45) is 1.00. The summed E-state index contributed by atoms with van der Waals surface area (Å²) in [5.41, 5.74) is 2.99. The van der Waals surface area contributed by atoms with Crippen molar-refractivity contribution < 1.29 is 4.79 Å². The Morgan fingerprint density at radius 3 is 2.24 bits per heavy atom. The summed E-state index contributed by atoms with van der Waals surface area (Å²) in [4.78, 5) is 11.7. The zero-order valence-electron chi connectivity index (χ0n) is 12.6. The maximum absolute atomic E-state index is 11.7. The number of hydrogen-bond donors (Lipinski definition) is 2. The molecule has 2 aromatic rings.